The highest BCUT2D eigenvalue weighted by atomic mass is 16.8. The number of ether oxygens (including phenoxy) is 8. The maximum absolute atomic E-state index is 11.2. The van der Waals surface area contributed by atoms with Gasteiger partial charge in [0.25, 0.3) is 0 Å². The van der Waals surface area contributed by atoms with E-state index in [-0.39, 0.29) is 35.6 Å². The standard InChI is InChI=1S/C45H72O18/c1-19-29-26(62-45(19)13-12-42(3,63-45)18-56-39-36(54)34(52)31(49)27(16-46)59-39)15-25-23-7-6-21-14-22(8-10-43(21,4)24(23)9-11-44(25,29)5)58-41-38(35(53)32(50)28(17-47)60-41)61-40-37(55)33(51)30(48)20(2)57-40/h6,19-20,22-41,46-55H,7-18H2,1-5H3/t19-,20-,22-,23+,24-,25-,26-,27+,28+,29-,30-,31+,32+,33+,34-,35-,36+,37+,38+,39+,40-,41+,42-,43-,44-,45-/m0/s1. The molecule has 9 rings (SSSR count). The van der Waals surface area contributed by atoms with Crippen LogP contribution in [0.25, 0.3) is 0 Å². The largest absolute Gasteiger partial charge is 0.394 e. The Balaban J connectivity index is 0.847. The normalized spacial score (nSPS) is 57.9. The minimum atomic E-state index is -1.65. The van der Waals surface area contributed by atoms with Crippen molar-refractivity contribution in [2.45, 2.75) is 208 Å². The van der Waals surface area contributed by atoms with E-state index in [9.17, 15) is 51.1 Å². The molecular formula is C45H72O18. The van der Waals surface area contributed by atoms with Crippen molar-refractivity contribution >= 4 is 0 Å². The fourth-order valence-electron chi connectivity index (χ4n) is 14.1. The molecule has 1 spiro atoms. The van der Waals surface area contributed by atoms with E-state index >= 15 is 0 Å². The average Bonchev–Trinajstić information content (AvgIpc) is 3.86. The zero-order valence-corrected chi connectivity index (χ0v) is 37.0. The Labute approximate surface area is 368 Å². The summed E-state index contributed by atoms with van der Waals surface area (Å²) in [5.41, 5.74) is 0.588. The van der Waals surface area contributed by atoms with Crippen molar-refractivity contribution in [2.75, 3.05) is 19.8 Å². The Morgan fingerprint density at radius 2 is 1.35 bits per heavy atom. The van der Waals surface area contributed by atoms with Crippen LogP contribution in [0.1, 0.15) is 92.4 Å². The second kappa shape index (κ2) is 17.2. The van der Waals surface area contributed by atoms with Gasteiger partial charge in [-0.2, -0.15) is 0 Å². The number of hydrogen-bond donors (Lipinski definition) is 10. The van der Waals surface area contributed by atoms with Gasteiger partial charge in [0, 0.05) is 12.3 Å². The van der Waals surface area contributed by atoms with Gasteiger partial charge in [-0.15, -0.1) is 0 Å². The lowest BCUT2D eigenvalue weighted by Crippen LogP contribution is -2.64. The smallest absolute Gasteiger partial charge is 0.187 e. The SMILES string of the molecule is C[C@@H]1O[C@@H](O[C@H]2[C@H](O[C@H]3CC[C@@]4(C)C(=CC[C@H]5[C@@H]6C[C@@H]7O[C@]8(CC[C@@](C)(CO[C@@H]9O[C@H](CO)[C@@H](O)[C@H](O)[C@H]9O)O8)[C@@H](C)[C@@H]7[C@@]6(C)CC[C@@H]54)C3)O[C@H](CO)[C@@H](O)[C@@H]2O)[C@H](O)[C@H](O)[C@H]1O. The maximum atomic E-state index is 11.2. The van der Waals surface area contributed by atoms with Gasteiger partial charge in [0.1, 0.15) is 67.1 Å². The molecule has 26 atom stereocenters. The summed E-state index contributed by atoms with van der Waals surface area (Å²) in [5, 5.41) is 104. The fraction of sp³-hybridized carbons (Fsp3) is 0.956. The Hall–Kier alpha value is -0.980. The highest BCUT2D eigenvalue weighted by molar-refractivity contribution is 5.26. The first kappa shape index (κ1) is 47.1. The second-order valence-corrected chi connectivity index (χ2v) is 21.4. The summed E-state index contributed by atoms with van der Waals surface area (Å²) in [6.45, 7) is 9.57. The van der Waals surface area contributed by atoms with E-state index in [2.05, 4.69) is 26.8 Å². The molecule has 0 aromatic carbocycles. The van der Waals surface area contributed by atoms with Crippen molar-refractivity contribution in [2.24, 2.45) is 40.4 Å². The van der Waals surface area contributed by atoms with Crippen LogP contribution in [0.5, 0.6) is 0 Å². The van der Waals surface area contributed by atoms with E-state index in [1.165, 1.54) is 12.5 Å². The fourth-order valence-corrected chi connectivity index (χ4v) is 14.1. The molecule has 0 amide bonds. The maximum Gasteiger partial charge on any atom is 0.187 e. The van der Waals surface area contributed by atoms with Gasteiger partial charge < -0.3 is 89.0 Å². The molecule has 18 heteroatoms. The van der Waals surface area contributed by atoms with Crippen LogP contribution in [-0.4, -0.2) is 187 Å². The van der Waals surface area contributed by atoms with Crippen molar-refractivity contribution in [3.63, 3.8) is 0 Å². The van der Waals surface area contributed by atoms with Crippen LogP contribution >= 0.6 is 0 Å². The summed E-state index contributed by atoms with van der Waals surface area (Å²) in [6.07, 6.45) is -10.8. The van der Waals surface area contributed by atoms with Crippen LogP contribution in [0.4, 0.5) is 0 Å². The number of hydrogen-bond acceptors (Lipinski definition) is 18. The van der Waals surface area contributed by atoms with E-state index < -0.39 is 117 Å². The molecule has 3 saturated carbocycles. The van der Waals surface area contributed by atoms with Crippen molar-refractivity contribution in [1.82, 2.24) is 0 Å². The van der Waals surface area contributed by atoms with Crippen molar-refractivity contribution in [3.05, 3.63) is 11.6 Å². The molecule has 0 aromatic heterocycles. The third-order valence-corrected chi connectivity index (χ3v) is 17.8. The van der Waals surface area contributed by atoms with Crippen LogP contribution in [0, 0.1) is 40.4 Å². The molecule has 5 aliphatic heterocycles. The van der Waals surface area contributed by atoms with Gasteiger partial charge in [-0.25, -0.2) is 0 Å². The molecule has 9 aliphatic rings. The number of fused-ring (bicyclic) bond motifs is 7. The molecule has 0 unspecified atom stereocenters. The minimum Gasteiger partial charge on any atom is -0.394 e. The zero-order valence-electron chi connectivity index (χ0n) is 37.0. The monoisotopic (exact) mass is 900 g/mol. The van der Waals surface area contributed by atoms with Crippen LogP contribution < -0.4 is 0 Å². The lowest BCUT2D eigenvalue weighted by atomic mass is 9.47. The summed E-state index contributed by atoms with van der Waals surface area (Å²) in [6, 6.07) is 0. The third kappa shape index (κ3) is 7.71. The van der Waals surface area contributed by atoms with Gasteiger partial charge in [-0.1, -0.05) is 32.4 Å². The molecule has 4 aliphatic carbocycles. The molecule has 0 radical (unpaired) electrons. The van der Waals surface area contributed by atoms with E-state index in [1.807, 2.05) is 6.92 Å². The Bertz CT molecular complexity index is 1670. The molecular weight excluding hydrogens is 828 g/mol. The molecule has 18 nitrogen and oxygen atoms in total. The van der Waals surface area contributed by atoms with Gasteiger partial charge in [0.05, 0.1) is 43.7 Å². The summed E-state index contributed by atoms with van der Waals surface area (Å²) in [5.74, 6) is 1.06. The number of rotatable bonds is 9. The molecule has 10 N–H and O–H groups in total. The van der Waals surface area contributed by atoms with Crippen LogP contribution in [-0.2, 0) is 37.9 Å². The highest BCUT2D eigenvalue weighted by Gasteiger charge is 2.70. The molecule has 0 aromatic rings. The van der Waals surface area contributed by atoms with Gasteiger partial charge >= 0.3 is 0 Å². The predicted molar refractivity (Wildman–Crippen MR) is 216 cm³/mol. The van der Waals surface area contributed by atoms with E-state index in [1.54, 1.807) is 0 Å². The van der Waals surface area contributed by atoms with Gasteiger partial charge in [-0.05, 0) is 99.7 Å². The molecule has 360 valence electrons. The Kier molecular flexibility index (Phi) is 12.9. The van der Waals surface area contributed by atoms with Crippen molar-refractivity contribution < 1.29 is 89.0 Å². The quantitative estimate of drug-likeness (QED) is 0.129. The third-order valence-electron chi connectivity index (χ3n) is 17.8. The lowest BCUT2D eigenvalue weighted by Gasteiger charge is -2.58. The predicted octanol–water partition coefficient (Wildman–Crippen LogP) is -0.671. The highest BCUT2D eigenvalue weighted by Crippen LogP contribution is 2.71. The average molecular weight is 901 g/mol. The van der Waals surface area contributed by atoms with E-state index in [4.69, 9.17) is 37.9 Å². The first-order valence-corrected chi connectivity index (χ1v) is 23.4. The van der Waals surface area contributed by atoms with Crippen molar-refractivity contribution in [3.8, 4) is 0 Å². The zero-order chi connectivity index (χ0) is 45.1. The molecule has 5 heterocycles. The van der Waals surface area contributed by atoms with Crippen LogP contribution in [0.2, 0.25) is 0 Å². The van der Waals surface area contributed by atoms with E-state index in [0.29, 0.717) is 49.4 Å². The lowest BCUT2D eigenvalue weighted by molar-refractivity contribution is -0.369. The number of aliphatic hydroxyl groups is 10. The van der Waals surface area contributed by atoms with Crippen LogP contribution in [0.3, 0.4) is 0 Å². The molecule has 63 heavy (non-hydrogen) atoms. The minimum absolute atomic E-state index is 0.0451. The molecule has 5 saturated heterocycles. The topological polar surface area (TPSA) is 276 Å². The number of aliphatic hydroxyl groups excluding tert-OH is 10. The second-order valence-electron chi connectivity index (χ2n) is 21.4. The summed E-state index contributed by atoms with van der Waals surface area (Å²) >= 11 is 0. The van der Waals surface area contributed by atoms with E-state index in [0.717, 1.165) is 32.1 Å². The van der Waals surface area contributed by atoms with Crippen molar-refractivity contribution in [1.29, 1.82) is 0 Å². The summed E-state index contributed by atoms with van der Waals surface area (Å²) < 4.78 is 49.7. The number of allylic oxidation sites excluding steroid dienone is 1. The Morgan fingerprint density at radius 1 is 0.683 bits per heavy atom. The van der Waals surface area contributed by atoms with Gasteiger partial charge in [0.15, 0.2) is 24.7 Å². The first-order valence-electron chi connectivity index (χ1n) is 23.4. The summed E-state index contributed by atoms with van der Waals surface area (Å²) in [4.78, 5) is 0. The van der Waals surface area contributed by atoms with Crippen LogP contribution in [0.15, 0.2) is 11.6 Å². The van der Waals surface area contributed by atoms with Gasteiger partial charge in [-0.3, -0.25) is 0 Å². The first-order chi connectivity index (χ1) is 29.8. The van der Waals surface area contributed by atoms with Gasteiger partial charge in [0.2, 0.25) is 0 Å². The molecule has 8 fully saturated rings. The summed E-state index contributed by atoms with van der Waals surface area (Å²) in [7, 11) is 0. The Morgan fingerprint density at radius 3 is 2.06 bits per heavy atom. The molecule has 0 bridgehead atoms.